The third-order valence-corrected chi connectivity index (χ3v) is 3.15. The Morgan fingerprint density at radius 3 is 2.53 bits per heavy atom. The molecule has 0 atom stereocenters. The van der Waals surface area contributed by atoms with Gasteiger partial charge in [-0.2, -0.15) is 0 Å². The number of ketones is 1. The topological polar surface area (TPSA) is 26.3 Å². The van der Waals surface area contributed by atoms with Gasteiger partial charge in [0.2, 0.25) is 0 Å². The Kier molecular flexibility index (Phi) is 3.86. The van der Waals surface area contributed by atoms with Gasteiger partial charge in [0.1, 0.15) is 11.6 Å². The van der Waals surface area contributed by atoms with E-state index in [0.717, 1.165) is 0 Å². The molecule has 0 aliphatic carbocycles. The summed E-state index contributed by atoms with van der Waals surface area (Å²) in [6.45, 7) is 1.61. The molecule has 4 heteroatoms. The molecule has 0 radical (unpaired) electrons. The van der Waals surface area contributed by atoms with E-state index in [0.29, 0.717) is 27.5 Å². The van der Waals surface area contributed by atoms with Crippen molar-refractivity contribution in [2.75, 3.05) is 7.11 Å². The van der Waals surface area contributed by atoms with Gasteiger partial charge in [0.05, 0.1) is 12.1 Å². The summed E-state index contributed by atoms with van der Waals surface area (Å²) in [6, 6.07) is 9.08. The summed E-state index contributed by atoms with van der Waals surface area (Å²) in [5, 5.41) is 0.311. The first-order valence-corrected chi connectivity index (χ1v) is 6.05. The van der Waals surface area contributed by atoms with Crippen LogP contribution in [-0.4, -0.2) is 12.9 Å². The lowest BCUT2D eigenvalue weighted by molar-refractivity contribution is 0.103. The number of ether oxygens (including phenoxy) is 1. The van der Waals surface area contributed by atoms with Crippen LogP contribution in [0.3, 0.4) is 0 Å². The van der Waals surface area contributed by atoms with Crippen LogP contribution in [0.2, 0.25) is 5.02 Å². The van der Waals surface area contributed by atoms with Crippen molar-refractivity contribution in [3.05, 3.63) is 63.9 Å². The molecule has 19 heavy (non-hydrogen) atoms. The van der Waals surface area contributed by atoms with Crippen molar-refractivity contribution in [2.24, 2.45) is 0 Å². The largest absolute Gasteiger partial charge is 0.497 e. The van der Waals surface area contributed by atoms with Crippen molar-refractivity contribution in [3.8, 4) is 5.75 Å². The number of hydrogen-bond acceptors (Lipinski definition) is 2. The zero-order chi connectivity index (χ0) is 14.0. The Morgan fingerprint density at radius 1 is 1.21 bits per heavy atom. The molecule has 0 aliphatic heterocycles. The first-order valence-electron chi connectivity index (χ1n) is 5.67. The molecule has 0 saturated heterocycles. The molecule has 0 amide bonds. The van der Waals surface area contributed by atoms with Gasteiger partial charge in [-0.3, -0.25) is 4.79 Å². The van der Waals surface area contributed by atoms with E-state index in [2.05, 4.69) is 0 Å². The SMILES string of the molecule is COc1ccc(C(=O)c2ccc(F)c(C)c2)c(Cl)c1. The zero-order valence-corrected chi connectivity index (χ0v) is 11.3. The molecular formula is C15H12ClFO2. The van der Waals surface area contributed by atoms with Crippen molar-refractivity contribution >= 4 is 17.4 Å². The van der Waals surface area contributed by atoms with Gasteiger partial charge in [-0.25, -0.2) is 4.39 Å². The molecule has 0 bridgehead atoms. The lowest BCUT2D eigenvalue weighted by Gasteiger charge is -2.07. The molecule has 0 aromatic heterocycles. The number of rotatable bonds is 3. The molecule has 0 N–H and O–H groups in total. The van der Waals surface area contributed by atoms with Gasteiger partial charge in [0, 0.05) is 11.1 Å². The van der Waals surface area contributed by atoms with E-state index in [1.165, 1.54) is 25.3 Å². The lowest BCUT2D eigenvalue weighted by Crippen LogP contribution is -2.03. The van der Waals surface area contributed by atoms with E-state index in [1.54, 1.807) is 25.1 Å². The Bertz CT molecular complexity index is 638. The molecule has 0 fully saturated rings. The van der Waals surface area contributed by atoms with Crippen LogP contribution in [0, 0.1) is 12.7 Å². The molecule has 0 unspecified atom stereocenters. The van der Waals surface area contributed by atoms with Crippen molar-refractivity contribution in [1.29, 1.82) is 0 Å². The second-order valence-electron chi connectivity index (χ2n) is 4.14. The predicted octanol–water partition coefficient (Wildman–Crippen LogP) is 4.03. The number of methoxy groups -OCH3 is 1. The minimum atomic E-state index is -0.336. The minimum absolute atomic E-state index is 0.240. The van der Waals surface area contributed by atoms with Gasteiger partial charge >= 0.3 is 0 Å². The maximum absolute atomic E-state index is 13.2. The fraction of sp³-hybridized carbons (Fsp3) is 0.133. The van der Waals surface area contributed by atoms with Crippen molar-refractivity contribution in [1.82, 2.24) is 0 Å². The smallest absolute Gasteiger partial charge is 0.194 e. The number of carbonyl (C=O) groups excluding carboxylic acids is 1. The molecule has 0 heterocycles. The number of hydrogen-bond donors (Lipinski definition) is 0. The second-order valence-corrected chi connectivity index (χ2v) is 4.55. The molecule has 98 valence electrons. The van der Waals surface area contributed by atoms with Gasteiger partial charge in [-0.1, -0.05) is 11.6 Å². The summed E-state index contributed by atoms with van der Waals surface area (Å²) < 4.78 is 18.2. The van der Waals surface area contributed by atoms with E-state index in [4.69, 9.17) is 16.3 Å². The van der Waals surface area contributed by atoms with Gasteiger partial charge in [-0.05, 0) is 48.9 Å². The van der Waals surface area contributed by atoms with Gasteiger partial charge in [0.25, 0.3) is 0 Å². The van der Waals surface area contributed by atoms with Crippen LogP contribution in [0.1, 0.15) is 21.5 Å². The van der Waals surface area contributed by atoms with E-state index < -0.39 is 0 Å². The molecule has 2 aromatic rings. The quantitative estimate of drug-likeness (QED) is 0.793. The molecule has 0 saturated carbocycles. The second kappa shape index (κ2) is 5.41. The monoisotopic (exact) mass is 278 g/mol. The average molecular weight is 279 g/mol. The van der Waals surface area contributed by atoms with Crippen LogP contribution in [0.5, 0.6) is 5.75 Å². The number of benzene rings is 2. The first-order chi connectivity index (χ1) is 9.02. The van der Waals surface area contributed by atoms with Crippen LogP contribution in [-0.2, 0) is 0 Å². The highest BCUT2D eigenvalue weighted by molar-refractivity contribution is 6.35. The van der Waals surface area contributed by atoms with Crippen LogP contribution in [0.25, 0.3) is 0 Å². The molecule has 2 nitrogen and oxygen atoms in total. The number of aryl methyl sites for hydroxylation is 1. The van der Waals surface area contributed by atoms with Crippen LogP contribution in [0.15, 0.2) is 36.4 Å². The summed E-state index contributed by atoms with van der Waals surface area (Å²) in [4.78, 5) is 12.3. The zero-order valence-electron chi connectivity index (χ0n) is 10.5. The van der Waals surface area contributed by atoms with E-state index in [-0.39, 0.29) is 11.6 Å². The lowest BCUT2D eigenvalue weighted by atomic mass is 10.0. The Hall–Kier alpha value is -1.87. The van der Waals surface area contributed by atoms with E-state index in [1.807, 2.05) is 0 Å². The standard InChI is InChI=1S/C15H12ClFO2/c1-9-7-10(3-6-14(9)17)15(18)12-5-4-11(19-2)8-13(12)16/h3-8H,1-2H3. The number of carbonyl (C=O) groups is 1. The summed E-state index contributed by atoms with van der Waals surface area (Å²) in [5.74, 6) is 0.00460. The van der Waals surface area contributed by atoms with E-state index >= 15 is 0 Å². The first kappa shape index (κ1) is 13.6. The van der Waals surface area contributed by atoms with Crippen molar-refractivity contribution < 1.29 is 13.9 Å². The van der Waals surface area contributed by atoms with Crippen LogP contribution in [0.4, 0.5) is 4.39 Å². The number of halogens is 2. The third kappa shape index (κ3) is 2.76. The summed E-state index contributed by atoms with van der Waals surface area (Å²) >= 11 is 6.05. The highest BCUT2D eigenvalue weighted by Gasteiger charge is 2.14. The maximum atomic E-state index is 13.2. The summed E-state index contributed by atoms with van der Waals surface area (Å²) in [7, 11) is 1.52. The average Bonchev–Trinajstić information content (AvgIpc) is 2.41. The minimum Gasteiger partial charge on any atom is -0.497 e. The van der Waals surface area contributed by atoms with E-state index in [9.17, 15) is 9.18 Å². The molecule has 2 aromatic carbocycles. The Balaban J connectivity index is 2.41. The van der Waals surface area contributed by atoms with Gasteiger partial charge < -0.3 is 4.74 Å². The molecule has 2 rings (SSSR count). The van der Waals surface area contributed by atoms with Gasteiger partial charge in [-0.15, -0.1) is 0 Å². The highest BCUT2D eigenvalue weighted by Crippen LogP contribution is 2.25. The van der Waals surface area contributed by atoms with Crippen LogP contribution < -0.4 is 4.74 Å². The maximum Gasteiger partial charge on any atom is 0.194 e. The fourth-order valence-corrected chi connectivity index (χ4v) is 2.00. The Labute approximate surface area is 115 Å². The van der Waals surface area contributed by atoms with Gasteiger partial charge in [0.15, 0.2) is 5.78 Å². The van der Waals surface area contributed by atoms with Crippen LogP contribution >= 0.6 is 11.6 Å². The molecule has 0 spiro atoms. The normalized spacial score (nSPS) is 10.3. The Morgan fingerprint density at radius 2 is 1.95 bits per heavy atom. The molecule has 0 aliphatic rings. The molecular weight excluding hydrogens is 267 g/mol. The summed E-state index contributed by atoms with van der Waals surface area (Å²) in [6.07, 6.45) is 0. The highest BCUT2D eigenvalue weighted by atomic mass is 35.5. The predicted molar refractivity (Wildman–Crippen MR) is 72.6 cm³/mol. The fourth-order valence-electron chi connectivity index (χ4n) is 1.75. The van der Waals surface area contributed by atoms with Crippen molar-refractivity contribution in [3.63, 3.8) is 0 Å². The summed E-state index contributed by atoms with van der Waals surface area (Å²) in [5.41, 5.74) is 1.20. The van der Waals surface area contributed by atoms with Crippen molar-refractivity contribution in [2.45, 2.75) is 6.92 Å². The third-order valence-electron chi connectivity index (χ3n) is 2.84.